The van der Waals surface area contributed by atoms with Gasteiger partial charge in [0.05, 0.1) is 7.11 Å². The first-order chi connectivity index (χ1) is 9.88. The summed E-state index contributed by atoms with van der Waals surface area (Å²) in [6.45, 7) is 4.07. The molecule has 1 aliphatic carbocycles. The Balaban J connectivity index is 2.24. The molecule has 1 aliphatic rings. The Morgan fingerprint density at radius 3 is 2.33 bits per heavy atom. The summed E-state index contributed by atoms with van der Waals surface area (Å²) >= 11 is 0. The second kappa shape index (κ2) is 6.30. The number of rotatable bonds is 4. The van der Waals surface area contributed by atoms with Crippen molar-refractivity contribution in [1.29, 1.82) is 0 Å². The molecule has 2 nitrogen and oxygen atoms in total. The van der Waals surface area contributed by atoms with Gasteiger partial charge in [-0.3, -0.25) is 0 Å². The van der Waals surface area contributed by atoms with Crippen LogP contribution < -0.4 is 10.1 Å². The molecule has 1 aromatic rings. The topological polar surface area (TPSA) is 21.3 Å². The van der Waals surface area contributed by atoms with Gasteiger partial charge in [-0.2, -0.15) is 0 Å². The van der Waals surface area contributed by atoms with E-state index in [2.05, 4.69) is 18.3 Å². The SMILES string of the molecule is CNC(c1cc(C)c(OC)cc1C)C1CCC(F)(F)CC1. The summed E-state index contributed by atoms with van der Waals surface area (Å²) < 4.78 is 32.1. The van der Waals surface area contributed by atoms with E-state index >= 15 is 0 Å². The van der Waals surface area contributed by atoms with Crippen molar-refractivity contribution in [3.63, 3.8) is 0 Å². The van der Waals surface area contributed by atoms with Gasteiger partial charge in [0.1, 0.15) is 5.75 Å². The first kappa shape index (κ1) is 16.2. The van der Waals surface area contributed by atoms with E-state index in [1.807, 2.05) is 20.0 Å². The minimum atomic E-state index is -2.47. The third kappa shape index (κ3) is 3.54. The lowest BCUT2D eigenvalue weighted by molar-refractivity contribution is -0.0495. The minimum Gasteiger partial charge on any atom is -0.496 e. The Bertz CT molecular complexity index is 492. The van der Waals surface area contributed by atoms with Crippen LogP contribution in [0.15, 0.2) is 12.1 Å². The van der Waals surface area contributed by atoms with Crippen LogP contribution in [0.3, 0.4) is 0 Å². The molecule has 0 aliphatic heterocycles. The van der Waals surface area contributed by atoms with E-state index in [1.54, 1.807) is 7.11 Å². The Labute approximate surface area is 125 Å². The van der Waals surface area contributed by atoms with E-state index < -0.39 is 5.92 Å². The lowest BCUT2D eigenvalue weighted by Gasteiger charge is -2.34. The van der Waals surface area contributed by atoms with E-state index in [0.717, 1.165) is 16.9 Å². The first-order valence-corrected chi connectivity index (χ1v) is 7.58. The van der Waals surface area contributed by atoms with Crippen molar-refractivity contribution >= 4 is 0 Å². The molecule has 0 saturated heterocycles. The van der Waals surface area contributed by atoms with Gasteiger partial charge in [0.25, 0.3) is 0 Å². The lowest BCUT2D eigenvalue weighted by Crippen LogP contribution is -2.33. The fourth-order valence-electron chi connectivity index (χ4n) is 3.41. The summed E-state index contributed by atoms with van der Waals surface area (Å²) in [5, 5.41) is 3.34. The largest absolute Gasteiger partial charge is 0.496 e. The molecular weight excluding hydrogens is 272 g/mol. The lowest BCUT2D eigenvalue weighted by atomic mass is 9.78. The molecule has 1 unspecified atom stereocenters. The fraction of sp³-hybridized carbons (Fsp3) is 0.647. The predicted octanol–water partition coefficient (Wildman–Crippen LogP) is 4.40. The zero-order chi connectivity index (χ0) is 15.6. The molecule has 4 heteroatoms. The summed E-state index contributed by atoms with van der Waals surface area (Å²) in [6.07, 6.45) is 1.15. The molecule has 2 rings (SSSR count). The van der Waals surface area contributed by atoms with Gasteiger partial charge in [0, 0.05) is 18.9 Å². The maximum Gasteiger partial charge on any atom is 0.248 e. The van der Waals surface area contributed by atoms with Crippen LogP contribution in [0.4, 0.5) is 8.78 Å². The number of nitrogens with one attached hydrogen (secondary N) is 1. The Hall–Kier alpha value is -1.16. The van der Waals surface area contributed by atoms with Crippen molar-refractivity contribution in [3.8, 4) is 5.75 Å². The molecule has 0 spiro atoms. The van der Waals surface area contributed by atoms with Crippen molar-refractivity contribution in [2.24, 2.45) is 5.92 Å². The number of hydrogen-bond acceptors (Lipinski definition) is 2. The molecule has 1 aromatic carbocycles. The summed E-state index contributed by atoms with van der Waals surface area (Å²) in [5.41, 5.74) is 3.43. The van der Waals surface area contributed by atoms with E-state index in [9.17, 15) is 8.78 Å². The molecule has 118 valence electrons. The van der Waals surface area contributed by atoms with Gasteiger partial charge in [-0.1, -0.05) is 6.07 Å². The molecule has 1 atom stereocenters. The van der Waals surface area contributed by atoms with E-state index in [4.69, 9.17) is 4.74 Å². The summed E-state index contributed by atoms with van der Waals surface area (Å²) in [4.78, 5) is 0. The highest BCUT2D eigenvalue weighted by molar-refractivity contribution is 5.43. The highest BCUT2D eigenvalue weighted by atomic mass is 19.3. The second-order valence-electron chi connectivity index (χ2n) is 6.14. The summed E-state index contributed by atoms with van der Waals surface area (Å²) in [7, 11) is 3.58. The zero-order valence-electron chi connectivity index (χ0n) is 13.3. The van der Waals surface area contributed by atoms with Gasteiger partial charge in [0.15, 0.2) is 0 Å². The van der Waals surface area contributed by atoms with Gasteiger partial charge >= 0.3 is 0 Å². The summed E-state index contributed by atoms with van der Waals surface area (Å²) in [6, 6.07) is 4.29. The number of hydrogen-bond donors (Lipinski definition) is 1. The number of aryl methyl sites for hydroxylation is 2. The van der Waals surface area contributed by atoms with E-state index in [-0.39, 0.29) is 24.8 Å². The van der Waals surface area contributed by atoms with Crippen LogP contribution in [0.25, 0.3) is 0 Å². The normalized spacial score (nSPS) is 20.3. The standard InChI is InChI=1S/C17H25F2NO/c1-11-10-15(21-4)12(2)9-14(11)16(20-3)13-5-7-17(18,19)8-6-13/h9-10,13,16,20H,5-8H2,1-4H3. The predicted molar refractivity (Wildman–Crippen MR) is 81.2 cm³/mol. The first-order valence-electron chi connectivity index (χ1n) is 7.58. The van der Waals surface area contributed by atoms with Crippen LogP contribution in [0.1, 0.15) is 48.4 Å². The highest BCUT2D eigenvalue weighted by Gasteiger charge is 2.38. The number of ether oxygens (including phenoxy) is 1. The van der Waals surface area contributed by atoms with Crippen LogP contribution in [0, 0.1) is 19.8 Å². The van der Waals surface area contributed by atoms with E-state index in [1.165, 1.54) is 5.56 Å². The molecule has 0 aromatic heterocycles. The average molecular weight is 297 g/mol. The highest BCUT2D eigenvalue weighted by Crippen LogP contribution is 2.42. The smallest absolute Gasteiger partial charge is 0.248 e. The molecule has 1 fully saturated rings. The van der Waals surface area contributed by atoms with Crippen LogP contribution >= 0.6 is 0 Å². The maximum atomic E-state index is 13.4. The molecule has 0 bridgehead atoms. The number of halogens is 2. The summed E-state index contributed by atoms with van der Waals surface area (Å²) in [5.74, 6) is -1.33. The van der Waals surface area contributed by atoms with Crippen LogP contribution in [0.5, 0.6) is 5.75 Å². The van der Waals surface area contributed by atoms with E-state index in [0.29, 0.717) is 12.8 Å². The Morgan fingerprint density at radius 2 is 1.81 bits per heavy atom. The molecular formula is C17H25F2NO. The maximum absolute atomic E-state index is 13.4. The number of benzene rings is 1. The third-order valence-corrected chi connectivity index (χ3v) is 4.66. The molecule has 0 heterocycles. The van der Waals surface area contributed by atoms with Crippen molar-refractivity contribution in [2.75, 3.05) is 14.2 Å². The average Bonchev–Trinajstić information content (AvgIpc) is 2.44. The second-order valence-corrected chi connectivity index (χ2v) is 6.14. The van der Waals surface area contributed by atoms with Gasteiger partial charge in [0.2, 0.25) is 5.92 Å². The van der Waals surface area contributed by atoms with Crippen LogP contribution in [-0.2, 0) is 0 Å². The Kier molecular flexibility index (Phi) is 4.87. The van der Waals surface area contributed by atoms with Gasteiger partial charge in [-0.25, -0.2) is 8.78 Å². The monoisotopic (exact) mass is 297 g/mol. The van der Waals surface area contributed by atoms with Crippen molar-refractivity contribution in [2.45, 2.75) is 51.5 Å². The van der Waals surface area contributed by atoms with Crippen molar-refractivity contribution < 1.29 is 13.5 Å². The fourth-order valence-corrected chi connectivity index (χ4v) is 3.41. The number of alkyl halides is 2. The van der Waals surface area contributed by atoms with Gasteiger partial charge < -0.3 is 10.1 Å². The van der Waals surface area contributed by atoms with Gasteiger partial charge in [-0.15, -0.1) is 0 Å². The molecule has 1 saturated carbocycles. The van der Waals surface area contributed by atoms with Crippen molar-refractivity contribution in [1.82, 2.24) is 5.32 Å². The van der Waals surface area contributed by atoms with Crippen LogP contribution in [-0.4, -0.2) is 20.1 Å². The molecule has 1 N–H and O–H groups in total. The van der Waals surface area contributed by atoms with Crippen molar-refractivity contribution in [3.05, 3.63) is 28.8 Å². The molecule has 0 radical (unpaired) electrons. The van der Waals surface area contributed by atoms with Gasteiger partial charge in [-0.05, 0) is 62.4 Å². The minimum absolute atomic E-state index is 0.00400. The third-order valence-electron chi connectivity index (χ3n) is 4.66. The molecule has 21 heavy (non-hydrogen) atoms. The molecule has 0 amide bonds. The zero-order valence-corrected chi connectivity index (χ0v) is 13.3. The quantitative estimate of drug-likeness (QED) is 0.889. The van der Waals surface area contributed by atoms with Crippen LogP contribution in [0.2, 0.25) is 0 Å². The number of methoxy groups -OCH3 is 1. The Morgan fingerprint density at radius 1 is 1.19 bits per heavy atom.